The smallest absolute Gasteiger partial charge is 0.132 e. The Morgan fingerprint density at radius 2 is 1.69 bits per heavy atom. The fraction of sp³-hybridized carbons (Fsp3) is 0.700. The summed E-state index contributed by atoms with van der Waals surface area (Å²) in [6, 6.07) is 0. The van der Waals surface area contributed by atoms with E-state index in [4.69, 9.17) is 0 Å². The molecule has 0 aliphatic heterocycles. The zero-order valence-corrected chi connectivity index (χ0v) is 8.25. The number of aromatic nitrogens is 3. The molecule has 0 bridgehead atoms. The third kappa shape index (κ3) is 2.47. The van der Waals surface area contributed by atoms with Crippen LogP contribution in [0.3, 0.4) is 0 Å². The summed E-state index contributed by atoms with van der Waals surface area (Å²) in [6.45, 7) is 3.85. The first-order valence-corrected chi connectivity index (χ1v) is 4.92. The standard InChI is InChI=1S/C10H15N3/c1-7-11-8(2)13-10(12-7)6-5-9-3-4-9/h9H,3-6H2,1-2H3. The highest BCUT2D eigenvalue weighted by Crippen LogP contribution is 2.33. The summed E-state index contributed by atoms with van der Waals surface area (Å²) in [5.41, 5.74) is 0. The third-order valence-electron chi connectivity index (χ3n) is 2.38. The predicted molar refractivity (Wildman–Crippen MR) is 50.3 cm³/mol. The minimum atomic E-state index is 0.846. The fourth-order valence-corrected chi connectivity index (χ4v) is 1.53. The van der Waals surface area contributed by atoms with Crippen molar-refractivity contribution in [2.75, 3.05) is 0 Å². The molecular formula is C10H15N3. The Kier molecular flexibility index (Phi) is 2.25. The molecule has 0 saturated heterocycles. The van der Waals surface area contributed by atoms with Gasteiger partial charge >= 0.3 is 0 Å². The minimum Gasteiger partial charge on any atom is -0.219 e. The lowest BCUT2D eigenvalue weighted by Crippen LogP contribution is -2.02. The van der Waals surface area contributed by atoms with Crippen molar-refractivity contribution in [3.8, 4) is 0 Å². The SMILES string of the molecule is Cc1nc(C)nc(CCC2CC2)n1. The van der Waals surface area contributed by atoms with Crippen molar-refractivity contribution in [2.45, 2.75) is 39.5 Å². The molecule has 70 valence electrons. The Balaban J connectivity index is 2.01. The molecule has 0 spiro atoms. The maximum Gasteiger partial charge on any atom is 0.132 e. The van der Waals surface area contributed by atoms with Gasteiger partial charge < -0.3 is 0 Å². The van der Waals surface area contributed by atoms with Crippen molar-refractivity contribution in [2.24, 2.45) is 5.92 Å². The molecular weight excluding hydrogens is 162 g/mol. The lowest BCUT2D eigenvalue weighted by Gasteiger charge is -2.00. The molecule has 0 radical (unpaired) electrons. The number of hydrogen-bond acceptors (Lipinski definition) is 3. The van der Waals surface area contributed by atoms with E-state index in [1.54, 1.807) is 0 Å². The minimum absolute atomic E-state index is 0.846. The molecule has 3 heteroatoms. The van der Waals surface area contributed by atoms with Gasteiger partial charge in [-0.25, -0.2) is 15.0 Å². The molecule has 13 heavy (non-hydrogen) atoms. The zero-order valence-electron chi connectivity index (χ0n) is 8.25. The summed E-state index contributed by atoms with van der Waals surface area (Å²) in [6.07, 6.45) is 5.09. The normalized spacial score (nSPS) is 16.2. The average molecular weight is 177 g/mol. The summed E-state index contributed by atoms with van der Waals surface area (Å²) < 4.78 is 0. The highest BCUT2D eigenvalue weighted by molar-refractivity contribution is 4.95. The Labute approximate surface area is 78.6 Å². The van der Waals surface area contributed by atoms with Gasteiger partial charge in [-0.1, -0.05) is 12.8 Å². The average Bonchev–Trinajstić information content (AvgIpc) is 2.81. The van der Waals surface area contributed by atoms with Crippen LogP contribution in [-0.4, -0.2) is 15.0 Å². The molecule has 0 unspecified atom stereocenters. The van der Waals surface area contributed by atoms with Crippen LogP contribution in [0.25, 0.3) is 0 Å². The van der Waals surface area contributed by atoms with Crippen molar-refractivity contribution in [3.05, 3.63) is 17.5 Å². The Bertz CT molecular complexity index is 285. The monoisotopic (exact) mass is 177 g/mol. The van der Waals surface area contributed by atoms with Crippen LogP contribution in [0.15, 0.2) is 0 Å². The van der Waals surface area contributed by atoms with Gasteiger partial charge in [0, 0.05) is 6.42 Å². The second kappa shape index (κ2) is 3.40. The fourth-order valence-electron chi connectivity index (χ4n) is 1.53. The van der Waals surface area contributed by atoms with Crippen molar-refractivity contribution in [1.29, 1.82) is 0 Å². The third-order valence-corrected chi connectivity index (χ3v) is 2.38. The second-order valence-corrected chi connectivity index (χ2v) is 3.83. The Morgan fingerprint density at radius 3 is 2.23 bits per heavy atom. The van der Waals surface area contributed by atoms with Crippen LogP contribution < -0.4 is 0 Å². The van der Waals surface area contributed by atoms with Gasteiger partial charge in [0.1, 0.15) is 17.5 Å². The maximum absolute atomic E-state index is 4.31. The summed E-state index contributed by atoms with van der Waals surface area (Å²) in [5, 5.41) is 0. The molecule has 1 heterocycles. The molecule has 0 aromatic carbocycles. The highest BCUT2D eigenvalue weighted by atomic mass is 15.0. The van der Waals surface area contributed by atoms with Crippen molar-refractivity contribution >= 4 is 0 Å². The molecule has 0 atom stereocenters. The van der Waals surface area contributed by atoms with Crippen molar-refractivity contribution in [1.82, 2.24) is 15.0 Å². The lowest BCUT2D eigenvalue weighted by atomic mass is 10.2. The molecule has 1 saturated carbocycles. The second-order valence-electron chi connectivity index (χ2n) is 3.83. The van der Waals surface area contributed by atoms with E-state index in [9.17, 15) is 0 Å². The van der Waals surface area contributed by atoms with E-state index in [2.05, 4.69) is 15.0 Å². The first kappa shape index (κ1) is 8.60. The van der Waals surface area contributed by atoms with E-state index in [-0.39, 0.29) is 0 Å². The van der Waals surface area contributed by atoms with Gasteiger partial charge in [0.15, 0.2) is 0 Å². The molecule has 1 aromatic heterocycles. The van der Waals surface area contributed by atoms with Crippen LogP contribution in [-0.2, 0) is 6.42 Å². The van der Waals surface area contributed by atoms with Crippen LogP contribution >= 0.6 is 0 Å². The van der Waals surface area contributed by atoms with Gasteiger partial charge in [-0.15, -0.1) is 0 Å². The molecule has 3 nitrogen and oxygen atoms in total. The van der Waals surface area contributed by atoms with Crippen LogP contribution in [0.2, 0.25) is 0 Å². The van der Waals surface area contributed by atoms with Gasteiger partial charge in [0.25, 0.3) is 0 Å². The molecule has 1 aromatic rings. The van der Waals surface area contributed by atoms with Crippen LogP contribution in [0.1, 0.15) is 36.7 Å². The first-order chi connectivity index (χ1) is 6.24. The summed E-state index contributed by atoms with van der Waals surface area (Å²) in [7, 11) is 0. The molecule has 1 aliphatic rings. The van der Waals surface area contributed by atoms with Gasteiger partial charge in [-0.05, 0) is 26.2 Å². The first-order valence-electron chi connectivity index (χ1n) is 4.92. The Morgan fingerprint density at radius 1 is 1.08 bits per heavy atom. The van der Waals surface area contributed by atoms with E-state index < -0.39 is 0 Å². The van der Waals surface area contributed by atoms with E-state index >= 15 is 0 Å². The largest absolute Gasteiger partial charge is 0.219 e. The van der Waals surface area contributed by atoms with Gasteiger partial charge in [-0.2, -0.15) is 0 Å². The van der Waals surface area contributed by atoms with Gasteiger partial charge in [-0.3, -0.25) is 0 Å². The summed E-state index contributed by atoms with van der Waals surface area (Å²) >= 11 is 0. The maximum atomic E-state index is 4.31. The molecule has 0 amide bonds. The molecule has 0 N–H and O–H groups in total. The van der Waals surface area contributed by atoms with Crippen LogP contribution in [0, 0.1) is 19.8 Å². The highest BCUT2D eigenvalue weighted by Gasteiger charge is 2.21. The van der Waals surface area contributed by atoms with Gasteiger partial charge in [0.05, 0.1) is 0 Å². The van der Waals surface area contributed by atoms with Crippen molar-refractivity contribution in [3.63, 3.8) is 0 Å². The quantitative estimate of drug-likeness (QED) is 0.707. The topological polar surface area (TPSA) is 38.7 Å². The summed E-state index contributed by atoms with van der Waals surface area (Å²) in [5.74, 6) is 3.62. The lowest BCUT2D eigenvalue weighted by molar-refractivity contribution is 0.683. The molecule has 2 rings (SSSR count). The van der Waals surface area contributed by atoms with E-state index in [1.807, 2.05) is 13.8 Å². The number of nitrogens with zero attached hydrogens (tertiary/aromatic N) is 3. The Hall–Kier alpha value is -0.990. The van der Waals surface area contributed by atoms with Gasteiger partial charge in [0.2, 0.25) is 0 Å². The number of hydrogen-bond donors (Lipinski definition) is 0. The van der Waals surface area contributed by atoms with E-state index in [1.165, 1.54) is 19.3 Å². The van der Waals surface area contributed by atoms with Crippen LogP contribution in [0.4, 0.5) is 0 Å². The predicted octanol–water partition coefficient (Wildman–Crippen LogP) is 1.83. The van der Waals surface area contributed by atoms with Crippen molar-refractivity contribution < 1.29 is 0 Å². The zero-order chi connectivity index (χ0) is 9.26. The summed E-state index contributed by atoms with van der Waals surface area (Å²) in [4.78, 5) is 12.8. The van der Waals surface area contributed by atoms with E-state index in [0.29, 0.717) is 0 Å². The number of rotatable bonds is 3. The van der Waals surface area contributed by atoms with E-state index in [0.717, 1.165) is 29.8 Å². The number of aryl methyl sites for hydroxylation is 3. The van der Waals surface area contributed by atoms with Crippen LogP contribution in [0.5, 0.6) is 0 Å². The molecule has 1 aliphatic carbocycles. The molecule has 1 fully saturated rings.